The predicted molar refractivity (Wildman–Crippen MR) is 114 cm³/mol. The maximum absolute atomic E-state index is 12.8. The summed E-state index contributed by atoms with van der Waals surface area (Å²) in [5.41, 5.74) is 2.45. The van der Waals surface area contributed by atoms with E-state index in [-0.39, 0.29) is 23.3 Å². The number of methoxy groups -OCH3 is 1. The molecule has 0 saturated carbocycles. The normalized spacial score (nSPS) is 16.8. The third kappa shape index (κ3) is 3.71. The molecule has 2 aromatic carbocycles. The molecular weight excluding hydrogens is 413 g/mol. The summed E-state index contributed by atoms with van der Waals surface area (Å²) in [7, 11) is 1.63. The van der Waals surface area contributed by atoms with E-state index in [2.05, 4.69) is 10.3 Å². The first-order valence-corrected chi connectivity index (χ1v) is 9.93. The Morgan fingerprint density at radius 1 is 1.24 bits per heavy atom. The fourth-order valence-electron chi connectivity index (χ4n) is 3.58. The van der Waals surface area contributed by atoms with E-state index in [0.717, 1.165) is 27.1 Å². The van der Waals surface area contributed by atoms with Gasteiger partial charge in [0.15, 0.2) is 0 Å². The third-order valence-corrected chi connectivity index (χ3v) is 5.89. The SMILES string of the molecule is COc1ccc2[nH]cc(CCN[C@@H]3CC(=O)N(c4cccc(Cl)c4Cl)C3=O)c2c1. The summed E-state index contributed by atoms with van der Waals surface area (Å²) in [5.74, 6) is 0.171. The van der Waals surface area contributed by atoms with Gasteiger partial charge in [-0.05, 0) is 42.3 Å². The van der Waals surface area contributed by atoms with Crippen molar-refractivity contribution in [3.05, 3.63) is 58.2 Å². The molecule has 1 fully saturated rings. The molecule has 4 rings (SSSR count). The first-order valence-electron chi connectivity index (χ1n) is 9.18. The van der Waals surface area contributed by atoms with Gasteiger partial charge in [0.2, 0.25) is 5.91 Å². The Morgan fingerprint density at radius 3 is 2.86 bits per heavy atom. The molecule has 150 valence electrons. The minimum absolute atomic E-state index is 0.0867. The van der Waals surface area contributed by atoms with Crippen LogP contribution in [0.15, 0.2) is 42.6 Å². The van der Waals surface area contributed by atoms with E-state index in [4.69, 9.17) is 27.9 Å². The first-order chi connectivity index (χ1) is 14.0. The van der Waals surface area contributed by atoms with Crippen LogP contribution in [0.2, 0.25) is 10.0 Å². The molecule has 3 aromatic rings. The number of carbonyl (C=O) groups is 2. The average molecular weight is 432 g/mol. The molecule has 29 heavy (non-hydrogen) atoms. The summed E-state index contributed by atoms with van der Waals surface area (Å²) < 4.78 is 5.29. The fourth-order valence-corrected chi connectivity index (χ4v) is 3.96. The number of fused-ring (bicyclic) bond motifs is 1. The van der Waals surface area contributed by atoms with Crippen LogP contribution in [0.3, 0.4) is 0 Å². The number of halogens is 2. The van der Waals surface area contributed by atoms with Crippen molar-refractivity contribution in [2.75, 3.05) is 18.6 Å². The second-order valence-electron chi connectivity index (χ2n) is 6.83. The zero-order chi connectivity index (χ0) is 20.5. The molecule has 2 heterocycles. The van der Waals surface area contributed by atoms with Crippen LogP contribution in [0.4, 0.5) is 5.69 Å². The number of amides is 2. The molecule has 8 heteroatoms. The van der Waals surface area contributed by atoms with Gasteiger partial charge in [-0.25, -0.2) is 4.90 Å². The quantitative estimate of drug-likeness (QED) is 0.579. The molecule has 1 aliphatic rings. The van der Waals surface area contributed by atoms with Crippen LogP contribution in [-0.2, 0) is 16.0 Å². The zero-order valence-corrected chi connectivity index (χ0v) is 17.2. The van der Waals surface area contributed by atoms with Crippen molar-refractivity contribution in [2.45, 2.75) is 18.9 Å². The van der Waals surface area contributed by atoms with Crippen LogP contribution >= 0.6 is 23.2 Å². The number of rotatable bonds is 6. The van der Waals surface area contributed by atoms with E-state index >= 15 is 0 Å². The van der Waals surface area contributed by atoms with Crippen molar-refractivity contribution in [3.8, 4) is 5.75 Å². The predicted octanol–water partition coefficient (Wildman–Crippen LogP) is 3.95. The molecule has 0 bridgehead atoms. The number of carbonyl (C=O) groups excluding carboxylic acids is 2. The Bertz CT molecular complexity index is 1100. The molecule has 0 radical (unpaired) electrons. The molecule has 1 saturated heterocycles. The highest BCUT2D eigenvalue weighted by Gasteiger charge is 2.40. The van der Waals surface area contributed by atoms with Gasteiger partial charge in [0.1, 0.15) is 5.75 Å². The molecule has 1 aliphatic heterocycles. The summed E-state index contributed by atoms with van der Waals surface area (Å²) in [5, 5.41) is 4.77. The van der Waals surface area contributed by atoms with E-state index in [0.29, 0.717) is 23.7 Å². The number of ether oxygens (including phenoxy) is 1. The van der Waals surface area contributed by atoms with Crippen molar-refractivity contribution in [3.63, 3.8) is 0 Å². The highest BCUT2D eigenvalue weighted by Crippen LogP contribution is 2.35. The van der Waals surface area contributed by atoms with Crippen molar-refractivity contribution in [1.82, 2.24) is 10.3 Å². The Kier molecular flexibility index (Phi) is 5.50. The maximum Gasteiger partial charge on any atom is 0.251 e. The second kappa shape index (κ2) is 8.06. The topological polar surface area (TPSA) is 74.4 Å². The summed E-state index contributed by atoms with van der Waals surface area (Å²) >= 11 is 12.2. The van der Waals surface area contributed by atoms with Crippen LogP contribution in [-0.4, -0.2) is 36.5 Å². The number of imide groups is 1. The zero-order valence-electron chi connectivity index (χ0n) is 15.7. The van der Waals surface area contributed by atoms with Gasteiger partial charge in [0, 0.05) is 23.6 Å². The monoisotopic (exact) mass is 431 g/mol. The second-order valence-corrected chi connectivity index (χ2v) is 7.61. The number of hydrogen-bond acceptors (Lipinski definition) is 4. The molecule has 2 amide bonds. The summed E-state index contributed by atoms with van der Waals surface area (Å²) in [6.07, 6.45) is 2.73. The molecule has 0 aliphatic carbocycles. The van der Waals surface area contributed by atoms with Gasteiger partial charge in [-0.3, -0.25) is 9.59 Å². The molecular formula is C21H19Cl2N3O3. The van der Waals surface area contributed by atoms with Crippen molar-refractivity contribution in [2.24, 2.45) is 0 Å². The van der Waals surface area contributed by atoms with Gasteiger partial charge in [-0.15, -0.1) is 0 Å². The number of aromatic nitrogens is 1. The third-order valence-electron chi connectivity index (χ3n) is 5.08. The lowest BCUT2D eigenvalue weighted by Gasteiger charge is -2.17. The number of nitrogens with zero attached hydrogens (tertiary/aromatic N) is 1. The maximum atomic E-state index is 12.8. The van der Waals surface area contributed by atoms with Gasteiger partial charge in [-0.1, -0.05) is 29.3 Å². The van der Waals surface area contributed by atoms with Crippen LogP contribution in [0.5, 0.6) is 5.75 Å². The summed E-state index contributed by atoms with van der Waals surface area (Å²) in [6, 6.07) is 10.2. The lowest BCUT2D eigenvalue weighted by Crippen LogP contribution is -2.39. The van der Waals surface area contributed by atoms with E-state index < -0.39 is 6.04 Å². The highest BCUT2D eigenvalue weighted by atomic mass is 35.5. The lowest BCUT2D eigenvalue weighted by atomic mass is 10.1. The van der Waals surface area contributed by atoms with E-state index in [1.54, 1.807) is 25.3 Å². The van der Waals surface area contributed by atoms with Crippen LogP contribution in [0.25, 0.3) is 10.9 Å². The average Bonchev–Trinajstić information content (AvgIpc) is 3.24. The van der Waals surface area contributed by atoms with E-state index in [1.807, 2.05) is 24.4 Å². The van der Waals surface area contributed by atoms with Crippen LogP contribution in [0, 0.1) is 0 Å². The highest BCUT2D eigenvalue weighted by molar-refractivity contribution is 6.44. The molecule has 0 unspecified atom stereocenters. The fraction of sp³-hybridized carbons (Fsp3) is 0.238. The number of hydrogen-bond donors (Lipinski definition) is 2. The molecule has 2 N–H and O–H groups in total. The van der Waals surface area contributed by atoms with Gasteiger partial charge >= 0.3 is 0 Å². The van der Waals surface area contributed by atoms with Crippen LogP contribution < -0.4 is 15.0 Å². The number of benzene rings is 2. The van der Waals surface area contributed by atoms with Gasteiger partial charge in [0.05, 0.1) is 35.3 Å². The number of nitrogens with one attached hydrogen (secondary N) is 2. The first kappa shape index (κ1) is 19.8. The number of anilines is 1. The van der Waals surface area contributed by atoms with E-state index in [1.165, 1.54) is 0 Å². The Morgan fingerprint density at radius 2 is 2.07 bits per heavy atom. The minimum Gasteiger partial charge on any atom is -0.497 e. The summed E-state index contributed by atoms with van der Waals surface area (Å²) in [4.78, 5) is 29.6. The molecule has 0 spiro atoms. The summed E-state index contributed by atoms with van der Waals surface area (Å²) in [6.45, 7) is 0.547. The Hall–Kier alpha value is -2.54. The van der Waals surface area contributed by atoms with Gasteiger partial charge in [0.25, 0.3) is 5.91 Å². The smallest absolute Gasteiger partial charge is 0.251 e. The van der Waals surface area contributed by atoms with Crippen LogP contribution in [0.1, 0.15) is 12.0 Å². The molecule has 1 atom stereocenters. The van der Waals surface area contributed by atoms with E-state index in [9.17, 15) is 9.59 Å². The number of H-pyrrole nitrogens is 1. The lowest BCUT2D eigenvalue weighted by molar-refractivity contribution is -0.121. The Balaban J connectivity index is 1.44. The number of aromatic amines is 1. The Labute approximate surface area is 177 Å². The van der Waals surface area contributed by atoms with Crippen molar-refractivity contribution in [1.29, 1.82) is 0 Å². The largest absolute Gasteiger partial charge is 0.497 e. The van der Waals surface area contributed by atoms with Gasteiger partial charge in [-0.2, -0.15) is 0 Å². The van der Waals surface area contributed by atoms with Crippen molar-refractivity contribution < 1.29 is 14.3 Å². The molecule has 1 aromatic heterocycles. The minimum atomic E-state index is -0.586. The van der Waals surface area contributed by atoms with Crippen molar-refractivity contribution >= 4 is 51.6 Å². The van der Waals surface area contributed by atoms with Gasteiger partial charge < -0.3 is 15.0 Å². The standard InChI is InChI=1S/C21H19Cl2N3O3/c1-29-13-5-6-16-14(9-13)12(11-25-16)7-8-24-17-10-19(27)26(21(17)28)18-4-2-3-15(22)20(18)23/h2-6,9,11,17,24-25H,7-8,10H2,1H3/t17-/m1/s1. The molecule has 6 nitrogen and oxygen atoms in total.